The lowest BCUT2D eigenvalue weighted by Crippen LogP contribution is -2.42. The second kappa shape index (κ2) is 10.9. The van der Waals surface area contributed by atoms with Crippen LogP contribution in [0.15, 0.2) is 18.2 Å². The molecule has 0 aromatic heterocycles. The van der Waals surface area contributed by atoms with Gasteiger partial charge in [-0.1, -0.05) is 6.07 Å². The first-order valence-electron chi connectivity index (χ1n) is 7.40. The number of aliphatic hydroxyl groups is 1. The van der Waals surface area contributed by atoms with E-state index in [1.807, 2.05) is 18.2 Å². The maximum atomic E-state index is 10.3. The zero-order valence-electron chi connectivity index (χ0n) is 14.5. The molecule has 10 nitrogen and oxygen atoms in total. The minimum Gasteiger partial charge on any atom is -0.493 e. The molecule has 0 heterocycles. The van der Waals surface area contributed by atoms with Gasteiger partial charge in [-0.2, -0.15) is 0 Å². The Morgan fingerprint density at radius 1 is 1.00 bits per heavy atom. The lowest BCUT2D eigenvalue weighted by atomic mass is 9.96. The average Bonchev–Trinajstić information content (AvgIpc) is 2.54. The molecule has 1 rings (SSSR count). The van der Waals surface area contributed by atoms with Gasteiger partial charge >= 0.3 is 17.9 Å². The number of aliphatic carboxylic acids is 3. The Balaban J connectivity index is 0.000000481. The molecule has 0 aliphatic heterocycles. The summed E-state index contributed by atoms with van der Waals surface area (Å²) in [4.78, 5) is 30.5. The number of benzene rings is 1. The summed E-state index contributed by atoms with van der Waals surface area (Å²) in [6.07, 6.45) is -1.43. The SMILES string of the molecule is COc1ccc(CCN)cc1OC.O=C(O)CC(O)(CC(=O)O)C(=O)O. The summed E-state index contributed by atoms with van der Waals surface area (Å²) in [5.74, 6) is -3.51. The molecule has 1 aromatic rings. The zero-order valence-corrected chi connectivity index (χ0v) is 14.5. The largest absolute Gasteiger partial charge is 0.493 e. The van der Waals surface area contributed by atoms with Crippen LogP contribution in [-0.4, -0.2) is 64.7 Å². The Bertz CT molecular complexity index is 614. The van der Waals surface area contributed by atoms with E-state index in [1.54, 1.807) is 14.2 Å². The van der Waals surface area contributed by atoms with Gasteiger partial charge in [0, 0.05) is 0 Å². The molecule has 26 heavy (non-hydrogen) atoms. The molecule has 0 unspecified atom stereocenters. The van der Waals surface area contributed by atoms with Gasteiger partial charge in [-0.25, -0.2) is 4.79 Å². The summed E-state index contributed by atoms with van der Waals surface area (Å²) >= 11 is 0. The van der Waals surface area contributed by atoms with E-state index in [2.05, 4.69) is 0 Å². The number of carboxylic acid groups (broad SMARTS) is 3. The second-order valence-electron chi connectivity index (χ2n) is 5.21. The maximum absolute atomic E-state index is 10.3. The molecule has 0 radical (unpaired) electrons. The van der Waals surface area contributed by atoms with Crippen LogP contribution in [0.2, 0.25) is 0 Å². The summed E-state index contributed by atoms with van der Waals surface area (Å²) in [5.41, 5.74) is 3.88. The topological polar surface area (TPSA) is 177 Å². The fraction of sp³-hybridized carbons (Fsp3) is 0.438. The predicted molar refractivity (Wildman–Crippen MR) is 89.4 cm³/mol. The summed E-state index contributed by atoms with van der Waals surface area (Å²) in [6.45, 7) is 0.648. The van der Waals surface area contributed by atoms with Crippen LogP contribution in [0.25, 0.3) is 0 Å². The third-order valence-corrected chi connectivity index (χ3v) is 3.17. The Morgan fingerprint density at radius 2 is 1.50 bits per heavy atom. The highest BCUT2D eigenvalue weighted by atomic mass is 16.5. The number of ether oxygens (including phenoxy) is 2. The summed E-state index contributed by atoms with van der Waals surface area (Å²) in [6, 6.07) is 5.84. The molecule has 146 valence electrons. The van der Waals surface area contributed by atoms with E-state index in [-0.39, 0.29) is 0 Å². The van der Waals surface area contributed by atoms with Crippen LogP contribution in [0.3, 0.4) is 0 Å². The van der Waals surface area contributed by atoms with Crippen LogP contribution in [-0.2, 0) is 20.8 Å². The van der Waals surface area contributed by atoms with Crippen molar-refractivity contribution in [1.29, 1.82) is 0 Å². The van der Waals surface area contributed by atoms with Gasteiger partial charge in [-0.05, 0) is 30.7 Å². The molecule has 0 bridgehead atoms. The minimum absolute atomic E-state index is 0.648. The predicted octanol–water partition coefficient (Wildman–Crippen LogP) is -0.0435. The molecule has 6 N–H and O–H groups in total. The number of nitrogens with two attached hydrogens (primary N) is 1. The second-order valence-corrected chi connectivity index (χ2v) is 5.21. The van der Waals surface area contributed by atoms with Gasteiger partial charge in [-0.3, -0.25) is 9.59 Å². The van der Waals surface area contributed by atoms with Crippen molar-refractivity contribution in [3.8, 4) is 11.5 Å². The van der Waals surface area contributed by atoms with Crippen LogP contribution < -0.4 is 15.2 Å². The molecule has 0 spiro atoms. The summed E-state index contributed by atoms with van der Waals surface area (Å²) in [5, 5.41) is 33.8. The zero-order chi connectivity index (χ0) is 20.3. The van der Waals surface area contributed by atoms with Gasteiger partial charge in [0.1, 0.15) is 0 Å². The number of carboxylic acids is 3. The highest BCUT2D eigenvalue weighted by molar-refractivity contribution is 5.88. The molecule has 0 aliphatic carbocycles. The van der Waals surface area contributed by atoms with Crippen molar-refractivity contribution in [1.82, 2.24) is 0 Å². The monoisotopic (exact) mass is 373 g/mol. The Hall–Kier alpha value is -2.85. The van der Waals surface area contributed by atoms with Gasteiger partial charge in [-0.15, -0.1) is 0 Å². The fourth-order valence-corrected chi connectivity index (χ4v) is 1.92. The highest BCUT2D eigenvalue weighted by Gasteiger charge is 2.40. The molecular formula is C16H23NO9. The molecule has 10 heteroatoms. The van der Waals surface area contributed by atoms with Crippen molar-refractivity contribution >= 4 is 17.9 Å². The van der Waals surface area contributed by atoms with E-state index in [1.165, 1.54) is 5.56 Å². The van der Waals surface area contributed by atoms with Crippen molar-refractivity contribution in [3.63, 3.8) is 0 Å². The first kappa shape index (κ1) is 23.1. The highest BCUT2D eigenvalue weighted by Crippen LogP contribution is 2.27. The van der Waals surface area contributed by atoms with E-state index in [4.69, 9.17) is 35.6 Å². The van der Waals surface area contributed by atoms with Gasteiger partial charge in [0.15, 0.2) is 17.1 Å². The molecule has 1 aromatic carbocycles. The van der Waals surface area contributed by atoms with Crippen LogP contribution in [0.4, 0.5) is 0 Å². The lowest BCUT2D eigenvalue weighted by molar-refractivity contribution is -0.170. The van der Waals surface area contributed by atoms with Gasteiger partial charge < -0.3 is 35.6 Å². The molecular weight excluding hydrogens is 350 g/mol. The summed E-state index contributed by atoms with van der Waals surface area (Å²) in [7, 11) is 3.25. The van der Waals surface area contributed by atoms with Gasteiger partial charge in [0.2, 0.25) is 0 Å². The van der Waals surface area contributed by atoms with Crippen LogP contribution in [0.1, 0.15) is 18.4 Å². The number of hydrogen-bond donors (Lipinski definition) is 5. The van der Waals surface area contributed by atoms with Crippen molar-refractivity contribution in [2.75, 3.05) is 20.8 Å². The Kier molecular flexibility index (Phi) is 9.71. The van der Waals surface area contributed by atoms with E-state index in [9.17, 15) is 14.4 Å². The van der Waals surface area contributed by atoms with E-state index in [0.717, 1.165) is 17.9 Å². The molecule has 0 amide bonds. The van der Waals surface area contributed by atoms with Gasteiger partial charge in [0.25, 0.3) is 0 Å². The third-order valence-electron chi connectivity index (χ3n) is 3.17. The van der Waals surface area contributed by atoms with E-state index in [0.29, 0.717) is 6.54 Å². The van der Waals surface area contributed by atoms with Crippen molar-refractivity contribution in [2.24, 2.45) is 5.73 Å². The van der Waals surface area contributed by atoms with Crippen LogP contribution in [0, 0.1) is 0 Å². The first-order valence-corrected chi connectivity index (χ1v) is 7.40. The van der Waals surface area contributed by atoms with Crippen molar-refractivity contribution in [3.05, 3.63) is 23.8 Å². The molecule has 0 atom stereocenters. The quantitative estimate of drug-likeness (QED) is 0.394. The lowest BCUT2D eigenvalue weighted by Gasteiger charge is -2.18. The third kappa shape index (κ3) is 7.81. The normalized spacial score (nSPS) is 10.3. The minimum atomic E-state index is -2.74. The van der Waals surface area contributed by atoms with Crippen molar-refractivity contribution < 1.29 is 44.3 Å². The number of methoxy groups -OCH3 is 2. The first-order chi connectivity index (χ1) is 12.1. The van der Waals surface area contributed by atoms with Crippen LogP contribution in [0.5, 0.6) is 11.5 Å². The number of carbonyl (C=O) groups is 3. The van der Waals surface area contributed by atoms with E-state index >= 15 is 0 Å². The Morgan fingerprint density at radius 3 is 1.85 bits per heavy atom. The van der Waals surface area contributed by atoms with Crippen LogP contribution >= 0.6 is 0 Å². The fourth-order valence-electron chi connectivity index (χ4n) is 1.92. The molecule has 0 saturated heterocycles. The maximum Gasteiger partial charge on any atom is 0.336 e. The molecule has 0 fully saturated rings. The van der Waals surface area contributed by atoms with Gasteiger partial charge in [0.05, 0.1) is 27.1 Å². The average molecular weight is 373 g/mol. The molecule has 0 saturated carbocycles. The molecule has 0 aliphatic rings. The van der Waals surface area contributed by atoms with Crippen molar-refractivity contribution in [2.45, 2.75) is 24.9 Å². The van der Waals surface area contributed by atoms with E-state index < -0.39 is 36.4 Å². The Labute approximate surface area is 149 Å². The number of hydrogen-bond acceptors (Lipinski definition) is 7. The smallest absolute Gasteiger partial charge is 0.336 e. The standard InChI is InChI=1S/C10H15NO2.C6H8O7/c1-12-9-4-3-8(5-6-11)7-10(9)13-2;7-3(8)1-6(13,5(11)12)2-4(9)10/h3-4,7H,5-6,11H2,1-2H3;13H,1-2H2,(H,7,8)(H,9,10)(H,11,12). The summed E-state index contributed by atoms with van der Waals surface area (Å²) < 4.78 is 10.3. The number of rotatable bonds is 9.